The summed E-state index contributed by atoms with van der Waals surface area (Å²) in [5, 5.41) is 0.647. The molecule has 21 heavy (non-hydrogen) atoms. The van der Waals surface area contributed by atoms with Gasteiger partial charge in [-0.3, -0.25) is 15.1 Å². The molecular weight excluding hydrogens is 286 g/mol. The molecule has 1 aliphatic heterocycles. The van der Waals surface area contributed by atoms with Gasteiger partial charge in [0.1, 0.15) is 12.4 Å². The van der Waals surface area contributed by atoms with Crippen molar-refractivity contribution in [1.82, 2.24) is 10.3 Å². The lowest BCUT2D eigenvalue weighted by Crippen LogP contribution is -2.46. The van der Waals surface area contributed by atoms with Gasteiger partial charge >= 0.3 is 0 Å². The number of nitrogens with zero attached hydrogens (tertiary/aromatic N) is 1. The smallest absolute Gasteiger partial charge is 0.268 e. The van der Waals surface area contributed by atoms with E-state index in [0.29, 0.717) is 29.2 Å². The van der Waals surface area contributed by atoms with Crippen LogP contribution in [0.15, 0.2) is 24.3 Å². The highest BCUT2D eigenvalue weighted by Crippen LogP contribution is 2.24. The van der Waals surface area contributed by atoms with Crippen LogP contribution in [0, 0.1) is 0 Å². The maximum atomic E-state index is 11.7. The molecule has 1 fully saturated rings. The molecule has 5 nitrogen and oxygen atoms in total. The van der Waals surface area contributed by atoms with Gasteiger partial charge in [0.15, 0.2) is 0 Å². The first-order chi connectivity index (χ1) is 10.1. The monoisotopic (exact) mass is 309 g/mol. The quantitative estimate of drug-likeness (QED) is 0.490. The first-order valence-corrected chi connectivity index (χ1v) is 8.26. The molecule has 3 N–H and O–H groups in total. The number of hydrogen-bond acceptors (Lipinski definition) is 5. The normalized spacial score (nSPS) is 22.8. The van der Waals surface area contributed by atoms with Gasteiger partial charge in [-0.05, 0) is 19.1 Å². The second kappa shape index (κ2) is 7.68. The molecule has 0 radical (unpaired) electrons. The second-order valence-electron chi connectivity index (χ2n) is 5.17. The number of ether oxygens (including phenoxy) is 1. The summed E-state index contributed by atoms with van der Waals surface area (Å²) in [6.45, 7) is 7.04. The lowest BCUT2D eigenvalue weighted by atomic mass is 10.2. The lowest BCUT2D eigenvalue weighted by Gasteiger charge is -2.37. The maximum absolute atomic E-state index is 11.7. The zero-order valence-electron chi connectivity index (χ0n) is 12.5. The van der Waals surface area contributed by atoms with Crippen LogP contribution in [0.5, 0.6) is 5.75 Å². The average molecular weight is 309 g/mol. The topological polar surface area (TPSA) is 67.6 Å². The second-order valence-corrected chi connectivity index (χ2v) is 6.66. The summed E-state index contributed by atoms with van der Waals surface area (Å²) < 4.78 is 5.78. The van der Waals surface area contributed by atoms with Crippen molar-refractivity contribution in [2.24, 2.45) is 5.84 Å². The maximum Gasteiger partial charge on any atom is 0.268 e. The fraction of sp³-hybridized carbons (Fsp3) is 0.533. The number of hydrazine groups is 1. The van der Waals surface area contributed by atoms with E-state index in [9.17, 15) is 4.79 Å². The molecule has 0 aliphatic carbocycles. The fourth-order valence-corrected chi connectivity index (χ4v) is 3.60. The molecule has 2 rings (SSSR count). The van der Waals surface area contributed by atoms with E-state index in [1.807, 2.05) is 17.8 Å². The summed E-state index contributed by atoms with van der Waals surface area (Å²) in [4.78, 5) is 14.1. The van der Waals surface area contributed by atoms with E-state index >= 15 is 0 Å². The highest BCUT2D eigenvalue weighted by Gasteiger charge is 2.24. The van der Waals surface area contributed by atoms with E-state index in [2.05, 4.69) is 24.2 Å². The molecule has 0 aromatic heterocycles. The third-order valence-corrected chi connectivity index (χ3v) is 5.25. The molecule has 116 valence electrons. The summed E-state index contributed by atoms with van der Waals surface area (Å²) in [6, 6.07) is 7.70. The van der Waals surface area contributed by atoms with Gasteiger partial charge in [-0.1, -0.05) is 19.1 Å². The predicted molar refractivity (Wildman–Crippen MR) is 86.5 cm³/mol. The van der Waals surface area contributed by atoms with Crippen molar-refractivity contribution in [3.63, 3.8) is 0 Å². The number of nitrogens with two attached hydrogens (primary N) is 1. The molecule has 2 atom stereocenters. The molecule has 0 bridgehead atoms. The Bertz CT molecular complexity index is 484. The Labute approximate surface area is 130 Å². The number of carbonyl (C=O) groups excluding carboxylic acids is 1. The van der Waals surface area contributed by atoms with E-state index in [0.717, 1.165) is 18.8 Å². The van der Waals surface area contributed by atoms with Gasteiger partial charge < -0.3 is 4.74 Å². The molecule has 1 aromatic carbocycles. The number of rotatable bonds is 5. The molecule has 0 saturated carbocycles. The summed E-state index contributed by atoms with van der Waals surface area (Å²) in [6.07, 6.45) is 0. The highest BCUT2D eigenvalue weighted by molar-refractivity contribution is 8.00. The van der Waals surface area contributed by atoms with Crippen LogP contribution in [0.25, 0.3) is 0 Å². The number of benzene rings is 1. The lowest BCUT2D eigenvalue weighted by molar-refractivity contribution is 0.0948. The number of hydrogen-bond donors (Lipinski definition) is 2. The molecular formula is C15H23N3O2S. The van der Waals surface area contributed by atoms with E-state index in [1.165, 1.54) is 0 Å². The number of nitrogens with one attached hydrogen (secondary N) is 1. The van der Waals surface area contributed by atoms with E-state index < -0.39 is 0 Å². The van der Waals surface area contributed by atoms with Crippen LogP contribution in [0.4, 0.5) is 0 Å². The van der Waals surface area contributed by atoms with Crippen molar-refractivity contribution in [2.45, 2.75) is 25.1 Å². The molecule has 2 unspecified atom stereocenters. The van der Waals surface area contributed by atoms with E-state index in [1.54, 1.807) is 18.2 Å². The number of para-hydroxylation sites is 1. The first kappa shape index (κ1) is 16.1. The number of carbonyl (C=O) groups is 1. The van der Waals surface area contributed by atoms with Crippen LogP contribution in [-0.4, -0.2) is 47.5 Å². The fourth-order valence-electron chi connectivity index (χ4n) is 2.44. The first-order valence-electron chi connectivity index (χ1n) is 7.22. The Kier molecular flexibility index (Phi) is 5.90. The summed E-state index contributed by atoms with van der Waals surface area (Å²) >= 11 is 2.02. The molecule has 1 heterocycles. The van der Waals surface area contributed by atoms with Gasteiger partial charge in [0.25, 0.3) is 5.91 Å². The summed E-state index contributed by atoms with van der Waals surface area (Å²) in [7, 11) is 0. The van der Waals surface area contributed by atoms with E-state index in [-0.39, 0.29) is 5.91 Å². The number of amides is 1. The van der Waals surface area contributed by atoms with Crippen molar-refractivity contribution < 1.29 is 9.53 Å². The summed E-state index contributed by atoms with van der Waals surface area (Å²) in [5.41, 5.74) is 2.61. The Balaban J connectivity index is 1.90. The van der Waals surface area contributed by atoms with Crippen molar-refractivity contribution >= 4 is 17.7 Å². The summed E-state index contributed by atoms with van der Waals surface area (Å²) in [5.74, 6) is 6.60. The Hall–Kier alpha value is -1.24. The molecule has 6 heteroatoms. The molecule has 0 spiro atoms. The van der Waals surface area contributed by atoms with Gasteiger partial charge in [-0.25, -0.2) is 5.84 Å². The van der Waals surface area contributed by atoms with Gasteiger partial charge in [0.2, 0.25) is 0 Å². The van der Waals surface area contributed by atoms with Crippen LogP contribution in [0.3, 0.4) is 0 Å². The minimum atomic E-state index is -0.332. The van der Waals surface area contributed by atoms with Crippen molar-refractivity contribution in [3.8, 4) is 5.75 Å². The average Bonchev–Trinajstić information content (AvgIpc) is 2.51. The zero-order chi connectivity index (χ0) is 15.2. The van der Waals surface area contributed by atoms with Gasteiger partial charge in [-0.2, -0.15) is 11.8 Å². The third-order valence-electron chi connectivity index (χ3n) is 3.91. The van der Waals surface area contributed by atoms with Crippen molar-refractivity contribution in [2.75, 3.05) is 25.4 Å². The highest BCUT2D eigenvalue weighted by atomic mass is 32.2. The molecule has 1 amide bonds. The van der Waals surface area contributed by atoms with Crippen LogP contribution in [0.2, 0.25) is 0 Å². The largest absolute Gasteiger partial charge is 0.491 e. The predicted octanol–water partition coefficient (Wildman–Crippen LogP) is 1.49. The van der Waals surface area contributed by atoms with Crippen LogP contribution in [0.1, 0.15) is 24.2 Å². The standard InChI is InChI=1S/C15H23N3O2S/c1-11-12(2)21-10-8-18(11)7-9-20-14-6-4-3-5-13(14)15(19)17-16/h3-6,11-12H,7-10,16H2,1-2H3,(H,17,19). The van der Waals surface area contributed by atoms with Crippen LogP contribution >= 0.6 is 11.8 Å². The Morgan fingerprint density at radius 3 is 3.00 bits per heavy atom. The molecule has 1 aliphatic rings. The Morgan fingerprint density at radius 2 is 2.24 bits per heavy atom. The molecule has 1 saturated heterocycles. The van der Waals surface area contributed by atoms with Gasteiger partial charge in [-0.15, -0.1) is 0 Å². The van der Waals surface area contributed by atoms with Crippen LogP contribution < -0.4 is 16.0 Å². The van der Waals surface area contributed by atoms with Gasteiger partial charge in [0, 0.05) is 30.1 Å². The number of nitrogen functional groups attached to an aromatic ring is 1. The SMILES string of the molecule is CC1SCCN(CCOc2ccccc2C(=O)NN)C1C. The Morgan fingerprint density at radius 1 is 1.48 bits per heavy atom. The van der Waals surface area contributed by atoms with Crippen molar-refractivity contribution in [1.29, 1.82) is 0 Å². The third kappa shape index (κ3) is 4.12. The van der Waals surface area contributed by atoms with Crippen LogP contribution in [-0.2, 0) is 0 Å². The number of thioether (sulfide) groups is 1. The zero-order valence-corrected chi connectivity index (χ0v) is 13.4. The van der Waals surface area contributed by atoms with Crippen molar-refractivity contribution in [3.05, 3.63) is 29.8 Å². The minimum Gasteiger partial charge on any atom is -0.491 e. The van der Waals surface area contributed by atoms with E-state index in [4.69, 9.17) is 10.6 Å². The minimum absolute atomic E-state index is 0.332. The molecule has 1 aromatic rings. The van der Waals surface area contributed by atoms with Gasteiger partial charge in [0.05, 0.1) is 5.56 Å².